The molecule has 2 rings (SSSR count). The SMILES string of the molecule is Cc1cc(OCCCC2CCN(O)CC2)ccc1C(=O)NCC(C)(C)CN. The maximum atomic E-state index is 12.4. The standard InChI is InChI=1S/C21H35N3O3/c1-16-13-18(27-12-4-5-17-8-10-24(26)11-9-17)6-7-19(16)20(25)23-15-21(2,3)14-22/h6-7,13,17,26H,4-5,8-12,14-15,22H2,1-3H3,(H,23,25). The van der Waals surface area contributed by atoms with Gasteiger partial charge >= 0.3 is 0 Å². The van der Waals surface area contributed by atoms with Crippen molar-refractivity contribution >= 4 is 5.91 Å². The van der Waals surface area contributed by atoms with Gasteiger partial charge in [-0.05, 0) is 74.2 Å². The summed E-state index contributed by atoms with van der Waals surface area (Å²) in [5, 5.41) is 13.8. The van der Waals surface area contributed by atoms with E-state index in [-0.39, 0.29) is 11.3 Å². The fraction of sp³-hybridized carbons (Fsp3) is 0.667. The van der Waals surface area contributed by atoms with E-state index in [0.29, 0.717) is 31.2 Å². The van der Waals surface area contributed by atoms with Crippen LogP contribution < -0.4 is 15.8 Å². The molecule has 1 heterocycles. The molecule has 1 amide bonds. The lowest BCUT2D eigenvalue weighted by atomic mass is 9.93. The predicted molar refractivity (Wildman–Crippen MR) is 107 cm³/mol. The molecule has 27 heavy (non-hydrogen) atoms. The van der Waals surface area contributed by atoms with Gasteiger partial charge in [0.25, 0.3) is 5.91 Å². The molecule has 0 saturated carbocycles. The Hall–Kier alpha value is -1.63. The van der Waals surface area contributed by atoms with E-state index >= 15 is 0 Å². The third kappa shape index (κ3) is 7.13. The van der Waals surface area contributed by atoms with E-state index in [1.54, 1.807) is 0 Å². The molecule has 1 aliphatic rings. The molecule has 0 spiro atoms. The molecule has 1 aromatic rings. The summed E-state index contributed by atoms with van der Waals surface area (Å²) >= 11 is 0. The first-order valence-electron chi connectivity index (χ1n) is 9.96. The molecule has 1 fully saturated rings. The minimum absolute atomic E-state index is 0.0733. The first kappa shape index (κ1) is 21.7. The van der Waals surface area contributed by atoms with Crippen molar-refractivity contribution in [3.63, 3.8) is 0 Å². The van der Waals surface area contributed by atoms with Gasteiger partial charge in [-0.15, -0.1) is 0 Å². The normalized spacial score (nSPS) is 16.3. The maximum absolute atomic E-state index is 12.4. The molecule has 0 bridgehead atoms. The van der Waals surface area contributed by atoms with Crippen LogP contribution in [0.4, 0.5) is 0 Å². The summed E-state index contributed by atoms with van der Waals surface area (Å²) in [6.45, 7) is 9.29. The topological polar surface area (TPSA) is 87.8 Å². The van der Waals surface area contributed by atoms with E-state index < -0.39 is 0 Å². The van der Waals surface area contributed by atoms with Crippen LogP contribution >= 0.6 is 0 Å². The second-order valence-electron chi connectivity index (χ2n) is 8.42. The Kier molecular flexibility index (Phi) is 8.07. The quantitative estimate of drug-likeness (QED) is 0.576. The van der Waals surface area contributed by atoms with E-state index in [1.165, 1.54) is 5.06 Å². The van der Waals surface area contributed by atoms with E-state index in [9.17, 15) is 10.0 Å². The van der Waals surface area contributed by atoms with Gasteiger partial charge in [0, 0.05) is 25.2 Å². The van der Waals surface area contributed by atoms with Crippen LogP contribution in [0.3, 0.4) is 0 Å². The number of rotatable bonds is 9. The van der Waals surface area contributed by atoms with Gasteiger partial charge in [-0.25, -0.2) is 0 Å². The Morgan fingerprint density at radius 1 is 1.37 bits per heavy atom. The number of aryl methyl sites for hydroxylation is 1. The third-order valence-electron chi connectivity index (χ3n) is 5.34. The first-order chi connectivity index (χ1) is 12.8. The molecular formula is C21H35N3O3. The van der Waals surface area contributed by atoms with Crippen LogP contribution in [0.25, 0.3) is 0 Å². The monoisotopic (exact) mass is 377 g/mol. The summed E-state index contributed by atoms with van der Waals surface area (Å²) in [5.41, 5.74) is 7.18. The zero-order valence-electron chi connectivity index (χ0n) is 17.0. The fourth-order valence-electron chi connectivity index (χ4n) is 3.24. The molecule has 0 atom stereocenters. The second-order valence-corrected chi connectivity index (χ2v) is 8.42. The lowest BCUT2D eigenvalue weighted by Gasteiger charge is -2.27. The fourth-order valence-corrected chi connectivity index (χ4v) is 3.24. The average Bonchev–Trinajstić information content (AvgIpc) is 2.65. The van der Waals surface area contributed by atoms with Gasteiger partial charge in [0.15, 0.2) is 0 Å². The number of nitrogens with two attached hydrogens (primary N) is 1. The minimum atomic E-state index is -0.111. The van der Waals surface area contributed by atoms with Crippen molar-refractivity contribution in [2.45, 2.75) is 46.5 Å². The van der Waals surface area contributed by atoms with Gasteiger partial charge < -0.3 is 21.0 Å². The van der Waals surface area contributed by atoms with Crippen molar-refractivity contribution in [3.05, 3.63) is 29.3 Å². The number of carbonyl (C=O) groups excluding carboxylic acids is 1. The zero-order valence-corrected chi connectivity index (χ0v) is 17.0. The Morgan fingerprint density at radius 2 is 2.07 bits per heavy atom. The molecule has 0 aromatic heterocycles. The summed E-state index contributed by atoms with van der Waals surface area (Å²) in [4.78, 5) is 12.4. The lowest BCUT2D eigenvalue weighted by molar-refractivity contribution is -0.112. The van der Waals surface area contributed by atoms with Crippen molar-refractivity contribution in [2.75, 3.05) is 32.8 Å². The van der Waals surface area contributed by atoms with E-state index in [1.807, 2.05) is 39.0 Å². The van der Waals surface area contributed by atoms with Crippen LogP contribution in [0, 0.1) is 18.3 Å². The van der Waals surface area contributed by atoms with Crippen LogP contribution in [-0.2, 0) is 0 Å². The number of nitrogens with zero attached hydrogens (tertiary/aromatic N) is 1. The van der Waals surface area contributed by atoms with Crippen molar-refractivity contribution in [2.24, 2.45) is 17.1 Å². The van der Waals surface area contributed by atoms with Crippen molar-refractivity contribution in [1.82, 2.24) is 10.4 Å². The van der Waals surface area contributed by atoms with Crippen LogP contribution in [0.15, 0.2) is 18.2 Å². The molecule has 0 unspecified atom stereocenters. The van der Waals surface area contributed by atoms with E-state index in [0.717, 1.165) is 50.1 Å². The van der Waals surface area contributed by atoms with Gasteiger partial charge in [0.05, 0.1) is 6.61 Å². The molecular weight excluding hydrogens is 342 g/mol. The van der Waals surface area contributed by atoms with Crippen LogP contribution in [0.5, 0.6) is 5.75 Å². The van der Waals surface area contributed by atoms with Crippen molar-refractivity contribution < 1.29 is 14.7 Å². The van der Waals surface area contributed by atoms with Gasteiger partial charge in [-0.3, -0.25) is 4.79 Å². The average molecular weight is 378 g/mol. The highest BCUT2D eigenvalue weighted by atomic mass is 16.5. The van der Waals surface area contributed by atoms with E-state index in [4.69, 9.17) is 10.5 Å². The van der Waals surface area contributed by atoms with Crippen LogP contribution in [-0.4, -0.2) is 49.0 Å². The van der Waals surface area contributed by atoms with Gasteiger partial charge in [-0.1, -0.05) is 13.8 Å². The lowest BCUT2D eigenvalue weighted by Crippen LogP contribution is -2.38. The van der Waals surface area contributed by atoms with Gasteiger partial charge in [0.2, 0.25) is 0 Å². The third-order valence-corrected chi connectivity index (χ3v) is 5.34. The molecule has 6 nitrogen and oxygen atoms in total. The highest BCUT2D eigenvalue weighted by molar-refractivity contribution is 5.95. The Bertz CT molecular complexity index is 611. The summed E-state index contributed by atoms with van der Waals surface area (Å²) in [6.07, 6.45) is 4.25. The number of hydrogen-bond acceptors (Lipinski definition) is 5. The highest BCUT2D eigenvalue weighted by Gasteiger charge is 2.19. The first-order valence-corrected chi connectivity index (χ1v) is 9.96. The van der Waals surface area contributed by atoms with Crippen molar-refractivity contribution in [1.29, 1.82) is 0 Å². The maximum Gasteiger partial charge on any atom is 0.251 e. The van der Waals surface area contributed by atoms with Crippen LogP contribution in [0.2, 0.25) is 0 Å². The molecule has 1 aliphatic heterocycles. The summed E-state index contributed by atoms with van der Waals surface area (Å²) in [5.74, 6) is 1.41. The number of nitrogens with one attached hydrogen (secondary N) is 1. The van der Waals surface area contributed by atoms with E-state index in [2.05, 4.69) is 5.32 Å². The number of ether oxygens (including phenoxy) is 1. The molecule has 152 valence electrons. The minimum Gasteiger partial charge on any atom is -0.494 e. The Morgan fingerprint density at radius 3 is 2.70 bits per heavy atom. The molecule has 1 saturated heterocycles. The number of hydroxylamine groups is 2. The Labute approximate surface area is 163 Å². The number of amides is 1. The molecule has 0 aliphatic carbocycles. The highest BCUT2D eigenvalue weighted by Crippen LogP contribution is 2.22. The largest absolute Gasteiger partial charge is 0.494 e. The summed E-state index contributed by atoms with van der Waals surface area (Å²) in [7, 11) is 0. The molecule has 6 heteroatoms. The molecule has 1 aromatic carbocycles. The van der Waals surface area contributed by atoms with Crippen LogP contribution in [0.1, 0.15) is 55.5 Å². The smallest absolute Gasteiger partial charge is 0.251 e. The summed E-state index contributed by atoms with van der Waals surface area (Å²) < 4.78 is 5.86. The van der Waals surface area contributed by atoms with Crippen molar-refractivity contribution in [3.8, 4) is 5.75 Å². The number of carbonyl (C=O) groups is 1. The summed E-state index contributed by atoms with van der Waals surface area (Å²) in [6, 6.07) is 5.61. The number of piperidine rings is 1. The number of hydrogen-bond donors (Lipinski definition) is 3. The van der Waals surface area contributed by atoms with Gasteiger partial charge in [0.1, 0.15) is 5.75 Å². The molecule has 0 radical (unpaired) electrons. The number of benzene rings is 1. The Balaban J connectivity index is 1.76. The predicted octanol–water partition coefficient (Wildman–Crippen LogP) is 2.97. The second kappa shape index (κ2) is 10.1. The molecule has 4 N–H and O–H groups in total. The van der Waals surface area contributed by atoms with Gasteiger partial charge in [-0.2, -0.15) is 5.06 Å². The zero-order chi connectivity index (χ0) is 19.9.